The maximum absolute atomic E-state index is 8.74. The molecule has 1 aliphatic rings. The van der Waals surface area contributed by atoms with Crippen LogP contribution in [0.25, 0.3) is 0 Å². The van der Waals surface area contributed by atoms with Crippen LogP contribution in [0.15, 0.2) is 36.4 Å². The van der Waals surface area contributed by atoms with E-state index >= 15 is 0 Å². The van der Waals surface area contributed by atoms with Crippen molar-refractivity contribution in [3.05, 3.63) is 47.5 Å². The van der Waals surface area contributed by atoms with Gasteiger partial charge in [-0.3, -0.25) is 0 Å². The van der Waals surface area contributed by atoms with Gasteiger partial charge in [0.1, 0.15) is 0 Å². The SMILES string of the molecule is CCCC1CCC(C=CC#Cc2ccc(C#N)cc2)CC1. The molecule has 0 aliphatic heterocycles. The van der Waals surface area contributed by atoms with Crippen molar-refractivity contribution < 1.29 is 0 Å². The summed E-state index contributed by atoms with van der Waals surface area (Å²) >= 11 is 0. The standard InChI is InChI=1S/C20H23N/c1-2-5-17-8-10-18(11-9-17)6-3-4-7-19-12-14-20(16-21)15-13-19/h3,6,12-15,17-18H,2,5,8-11H2,1H3. The third-order valence-corrected chi connectivity index (χ3v) is 4.27. The van der Waals surface area contributed by atoms with Gasteiger partial charge in [-0.05, 0) is 67.9 Å². The summed E-state index contributed by atoms with van der Waals surface area (Å²) in [5.74, 6) is 7.91. The van der Waals surface area contributed by atoms with E-state index < -0.39 is 0 Å². The van der Waals surface area contributed by atoms with Gasteiger partial charge in [-0.1, -0.05) is 37.7 Å². The summed E-state index contributed by atoms with van der Waals surface area (Å²) < 4.78 is 0. The second-order valence-corrected chi connectivity index (χ2v) is 5.89. The van der Waals surface area contributed by atoms with Gasteiger partial charge in [0.15, 0.2) is 0 Å². The van der Waals surface area contributed by atoms with Crippen molar-refractivity contribution in [1.82, 2.24) is 0 Å². The third kappa shape index (κ3) is 5.13. The van der Waals surface area contributed by atoms with E-state index in [0.717, 1.165) is 11.5 Å². The summed E-state index contributed by atoms with van der Waals surface area (Å²) in [6.07, 6.45) is 12.4. The van der Waals surface area contributed by atoms with E-state index in [-0.39, 0.29) is 0 Å². The maximum atomic E-state index is 8.74. The monoisotopic (exact) mass is 277 g/mol. The van der Waals surface area contributed by atoms with Gasteiger partial charge in [-0.2, -0.15) is 5.26 Å². The average Bonchev–Trinajstić information content (AvgIpc) is 2.54. The zero-order chi connectivity index (χ0) is 14.9. The number of hydrogen-bond acceptors (Lipinski definition) is 1. The Morgan fingerprint density at radius 2 is 1.76 bits per heavy atom. The van der Waals surface area contributed by atoms with Crippen LogP contribution in [0.4, 0.5) is 0 Å². The van der Waals surface area contributed by atoms with Crippen LogP contribution in [0.1, 0.15) is 56.6 Å². The van der Waals surface area contributed by atoms with Gasteiger partial charge in [0.05, 0.1) is 11.6 Å². The summed E-state index contributed by atoms with van der Waals surface area (Å²) in [7, 11) is 0. The molecule has 0 atom stereocenters. The van der Waals surface area contributed by atoms with Crippen LogP contribution >= 0.6 is 0 Å². The largest absolute Gasteiger partial charge is 0.192 e. The zero-order valence-electron chi connectivity index (χ0n) is 12.8. The van der Waals surface area contributed by atoms with Crippen molar-refractivity contribution in [3.8, 4) is 17.9 Å². The van der Waals surface area contributed by atoms with Crippen LogP contribution in [0.2, 0.25) is 0 Å². The fourth-order valence-corrected chi connectivity index (χ4v) is 3.01. The first-order chi connectivity index (χ1) is 10.3. The van der Waals surface area contributed by atoms with Crippen molar-refractivity contribution in [3.63, 3.8) is 0 Å². The molecule has 0 spiro atoms. The number of nitriles is 1. The van der Waals surface area contributed by atoms with Gasteiger partial charge in [0, 0.05) is 5.56 Å². The summed E-state index contributed by atoms with van der Waals surface area (Å²) in [5.41, 5.74) is 1.64. The molecule has 0 heterocycles. The lowest BCUT2D eigenvalue weighted by Crippen LogP contribution is -2.12. The van der Waals surface area contributed by atoms with E-state index in [9.17, 15) is 0 Å². The molecule has 0 unspecified atom stereocenters. The first kappa shape index (κ1) is 15.4. The molecule has 1 aromatic carbocycles. The van der Waals surface area contributed by atoms with Crippen molar-refractivity contribution in [1.29, 1.82) is 5.26 Å². The van der Waals surface area contributed by atoms with Gasteiger partial charge in [0.2, 0.25) is 0 Å². The Kier molecular flexibility index (Phi) is 6.11. The van der Waals surface area contributed by atoms with E-state index in [4.69, 9.17) is 5.26 Å². The molecule has 1 aliphatic carbocycles. The molecule has 0 bridgehead atoms. The predicted molar refractivity (Wildman–Crippen MR) is 87.5 cm³/mol. The Morgan fingerprint density at radius 3 is 2.38 bits per heavy atom. The molecule has 1 aromatic rings. The van der Waals surface area contributed by atoms with Crippen LogP contribution in [0.5, 0.6) is 0 Å². The van der Waals surface area contributed by atoms with Gasteiger partial charge in [-0.25, -0.2) is 0 Å². The number of allylic oxidation sites excluding steroid dienone is 2. The number of hydrogen-bond donors (Lipinski definition) is 0. The molecule has 0 radical (unpaired) electrons. The highest BCUT2D eigenvalue weighted by Gasteiger charge is 2.18. The summed E-state index contributed by atoms with van der Waals surface area (Å²) in [5, 5.41) is 8.74. The zero-order valence-corrected chi connectivity index (χ0v) is 12.8. The topological polar surface area (TPSA) is 23.8 Å². The molecule has 0 aromatic heterocycles. The Morgan fingerprint density at radius 1 is 1.10 bits per heavy atom. The van der Waals surface area contributed by atoms with Crippen LogP contribution < -0.4 is 0 Å². The number of rotatable bonds is 3. The normalized spacial score (nSPS) is 21.5. The van der Waals surface area contributed by atoms with Crippen LogP contribution in [-0.4, -0.2) is 0 Å². The Labute approximate surface area is 128 Å². The summed E-state index contributed by atoms with van der Waals surface area (Å²) in [6, 6.07) is 9.53. The van der Waals surface area contributed by atoms with Crippen LogP contribution in [0.3, 0.4) is 0 Å². The van der Waals surface area contributed by atoms with Crippen molar-refractivity contribution >= 4 is 0 Å². The maximum Gasteiger partial charge on any atom is 0.0991 e. The Balaban J connectivity index is 1.81. The van der Waals surface area contributed by atoms with E-state index in [1.54, 1.807) is 0 Å². The van der Waals surface area contributed by atoms with Crippen molar-refractivity contribution in [2.75, 3.05) is 0 Å². The molecular formula is C20H23N. The molecule has 1 saturated carbocycles. The van der Waals surface area contributed by atoms with E-state index in [1.165, 1.54) is 38.5 Å². The highest BCUT2D eigenvalue weighted by molar-refractivity contribution is 5.41. The van der Waals surface area contributed by atoms with Gasteiger partial charge < -0.3 is 0 Å². The Bertz CT molecular complexity index is 555. The second kappa shape index (κ2) is 8.33. The van der Waals surface area contributed by atoms with Crippen LogP contribution in [0, 0.1) is 35.0 Å². The first-order valence-electron chi connectivity index (χ1n) is 8.00. The smallest absolute Gasteiger partial charge is 0.0991 e. The molecular weight excluding hydrogens is 254 g/mol. The highest BCUT2D eigenvalue weighted by atomic mass is 14.2. The number of benzene rings is 1. The minimum Gasteiger partial charge on any atom is -0.192 e. The highest BCUT2D eigenvalue weighted by Crippen LogP contribution is 2.31. The predicted octanol–water partition coefficient (Wildman–Crippen LogP) is 5.07. The minimum atomic E-state index is 0.680. The second-order valence-electron chi connectivity index (χ2n) is 5.89. The fourth-order valence-electron chi connectivity index (χ4n) is 3.01. The molecule has 1 heteroatoms. The molecule has 1 nitrogen and oxygen atoms in total. The molecule has 2 rings (SSSR count). The molecule has 0 amide bonds. The Hall–Kier alpha value is -1.99. The lowest BCUT2D eigenvalue weighted by molar-refractivity contribution is 0.294. The number of nitrogens with zero attached hydrogens (tertiary/aromatic N) is 1. The molecule has 0 saturated heterocycles. The minimum absolute atomic E-state index is 0.680. The van der Waals surface area contributed by atoms with Gasteiger partial charge in [-0.15, -0.1) is 0 Å². The average molecular weight is 277 g/mol. The third-order valence-electron chi connectivity index (χ3n) is 4.27. The lowest BCUT2D eigenvalue weighted by Gasteiger charge is -2.26. The quantitative estimate of drug-likeness (QED) is 0.707. The van der Waals surface area contributed by atoms with Gasteiger partial charge in [0.25, 0.3) is 0 Å². The lowest BCUT2D eigenvalue weighted by atomic mass is 9.80. The van der Waals surface area contributed by atoms with Crippen molar-refractivity contribution in [2.24, 2.45) is 11.8 Å². The summed E-state index contributed by atoms with van der Waals surface area (Å²) in [6.45, 7) is 2.28. The first-order valence-corrected chi connectivity index (χ1v) is 8.00. The van der Waals surface area contributed by atoms with E-state index in [1.807, 2.05) is 30.3 Å². The molecule has 1 fully saturated rings. The van der Waals surface area contributed by atoms with E-state index in [0.29, 0.717) is 11.5 Å². The molecule has 0 N–H and O–H groups in total. The van der Waals surface area contributed by atoms with Gasteiger partial charge >= 0.3 is 0 Å². The molecule has 21 heavy (non-hydrogen) atoms. The summed E-state index contributed by atoms with van der Waals surface area (Å²) in [4.78, 5) is 0. The van der Waals surface area contributed by atoms with Crippen molar-refractivity contribution in [2.45, 2.75) is 45.4 Å². The van der Waals surface area contributed by atoms with E-state index in [2.05, 4.69) is 30.9 Å². The fraction of sp³-hybridized carbons (Fsp3) is 0.450. The molecule has 108 valence electrons. The van der Waals surface area contributed by atoms with Crippen LogP contribution in [-0.2, 0) is 0 Å².